The number of rotatable bonds is 44. The van der Waals surface area contributed by atoms with Crippen molar-refractivity contribution in [2.45, 2.75) is 187 Å². The predicted molar refractivity (Wildman–Crippen MR) is 257 cm³/mol. The number of unbranched alkanes of at least 4 members (excludes halogenated alkanes) is 14. The van der Waals surface area contributed by atoms with Crippen LogP contribution >= 0.6 is 0 Å². The maximum atomic E-state index is 13.2. The number of hydrogen-bond donors (Lipinski definition) is 6. The number of nitrogens with one attached hydrogen (secondary N) is 6. The molecular formula is C48H97N9O5. The Balaban J connectivity index is 5.33. The van der Waals surface area contributed by atoms with Crippen LogP contribution in [0.3, 0.4) is 0 Å². The summed E-state index contributed by atoms with van der Waals surface area (Å²) in [5.74, 6) is 0.0159. The molecule has 0 spiro atoms. The molecule has 0 saturated carbocycles. The zero-order valence-electron chi connectivity index (χ0n) is 41.1. The first-order chi connectivity index (χ1) is 30.0. The van der Waals surface area contributed by atoms with Crippen molar-refractivity contribution in [3.63, 3.8) is 0 Å². The molecule has 0 rings (SSSR count). The highest BCUT2D eigenvalue weighted by Crippen LogP contribution is 2.12. The lowest BCUT2D eigenvalue weighted by atomic mass is 10.1. The van der Waals surface area contributed by atoms with Gasteiger partial charge in [0.25, 0.3) is 0 Å². The summed E-state index contributed by atoms with van der Waals surface area (Å²) in [6, 6.07) is 0.277. The fraction of sp³-hybridized carbons (Fsp3) is 0.896. The Morgan fingerprint density at radius 1 is 0.371 bits per heavy atom. The summed E-state index contributed by atoms with van der Waals surface area (Å²) in [5, 5.41) is 18.0. The van der Waals surface area contributed by atoms with Crippen LogP contribution in [0.4, 0.5) is 0 Å². The first-order valence-electron chi connectivity index (χ1n) is 25.1. The molecule has 0 fully saturated rings. The van der Waals surface area contributed by atoms with Crippen LogP contribution in [0.2, 0.25) is 0 Å². The van der Waals surface area contributed by atoms with E-state index in [-0.39, 0.29) is 41.6 Å². The maximum absolute atomic E-state index is 13.2. The summed E-state index contributed by atoms with van der Waals surface area (Å²) < 4.78 is 0. The van der Waals surface area contributed by atoms with Crippen LogP contribution in [0.15, 0.2) is 0 Å². The van der Waals surface area contributed by atoms with Crippen molar-refractivity contribution in [2.24, 2.45) is 0 Å². The molecule has 14 heteroatoms. The molecule has 0 bridgehead atoms. The molecule has 0 aliphatic rings. The Kier molecular flexibility index (Phi) is 40.2. The van der Waals surface area contributed by atoms with E-state index in [0.717, 1.165) is 32.2 Å². The van der Waals surface area contributed by atoms with Crippen LogP contribution < -0.4 is 31.9 Å². The molecule has 0 aromatic heterocycles. The fourth-order valence-corrected chi connectivity index (χ4v) is 7.57. The largest absolute Gasteiger partial charge is 0.359 e. The van der Waals surface area contributed by atoms with Crippen LogP contribution in [0.1, 0.15) is 175 Å². The third-order valence-corrected chi connectivity index (χ3v) is 11.9. The Hall–Kier alpha value is -2.81. The van der Waals surface area contributed by atoms with Gasteiger partial charge in [0.1, 0.15) is 0 Å². The highest BCUT2D eigenvalue weighted by Gasteiger charge is 2.16. The van der Waals surface area contributed by atoms with Gasteiger partial charge in [0.15, 0.2) is 0 Å². The van der Waals surface area contributed by atoms with Gasteiger partial charge in [0.2, 0.25) is 29.5 Å². The molecule has 0 saturated heterocycles. The third kappa shape index (κ3) is 37.7. The Morgan fingerprint density at radius 3 is 0.968 bits per heavy atom. The maximum Gasteiger partial charge on any atom is 0.221 e. The van der Waals surface area contributed by atoms with Crippen LogP contribution in [-0.4, -0.2) is 149 Å². The van der Waals surface area contributed by atoms with Crippen molar-refractivity contribution < 1.29 is 24.0 Å². The topological polar surface area (TPSA) is 167 Å². The molecule has 5 amide bonds. The Morgan fingerprint density at radius 2 is 0.645 bits per heavy atom. The van der Waals surface area contributed by atoms with Crippen LogP contribution in [0.25, 0.3) is 0 Å². The summed E-state index contributed by atoms with van der Waals surface area (Å²) in [5.41, 5.74) is 0. The fourth-order valence-electron chi connectivity index (χ4n) is 7.57. The number of hydrogen-bond acceptors (Lipinski definition) is 9. The molecule has 2 unspecified atom stereocenters. The van der Waals surface area contributed by atoms with Crippen molar-refractivity contribution >= 4 is 29.5 Å². The van der Waals surface area contributed by atoms with Crippen molar-refractivity contribution in [1.29, 1.82) is 0 Å². The molecule has 0 aliphatic carbocycles. The molecule has 0 radical (unpaired) electrons. The van der Waals surface area contributed by atoms with E-state index in [2.05, 4.69) is 74.3 Å². The molecule has 364 valence electrons. The lowest BCUT2D eigenvalue weighted by Crippen LogP contribution is -2.43. The summed E-state index contributed by atoms with van der Waals surface area (Å²) in [6.07, 6.45) is 24.1. The van der Waals surface area contributed by atoms with Gasteiger partial charge >= 0.3 is 0 Å². The van der Waals surface area contributed by atoms with Gasteiger partial charge in [-0.15, -0.1) is 0 Å². The van der Waals surface area contributed by atoms with E-state index in [1.165, 1.54) is 89.9 Å². The Labute approximate surface area is 379 Å². The normalized spacial score (nSPS) is 12.4. The molecule has 0 aromatic carbocycles. The second-order valence-corrected chi connectivity index (χ2v) is 17.5. The molecule has 14 nitrogen and oxygen atoms in total. The Bertz CT molecular complexity index is 1110. The molecule has 62 heavy (non-hydrogen) atoms. The van der Waals surface area contributed by atoms with Gasteiger partial charge in [0.05, 0.1) is 0 Å². The van der Waals surface area contributed by atoms with E-state index in [4.69, 9.17) is 0 Å². The van der Waals surface area contributed by atoms with E-state index in [0.29, 0.717) is 97.6 Å². The highest BCUT2D eigenvalue weighted by atomic mass is 16.2. The van der Waals surface area contributed by atoms with E-state index in [1.54, 1.807) is 21.1 Å². The number of carbonyl (C=O) groups excluding carboxylic acids is 5. The van der Waals surface area contributed by atoms with Gasteiger partial charge in [-0.3, -0.25) is 24.0 Å². The van der Waals surface area contributed by atoms with Gasteiger partial charge in [-0.1, -0.05) is 117 Å². The smallest absolute Gasteiger partial charge is 0.221 e. The predicted octanol–water partition coefficient (Wildman–Crippen LogP) is 5.74. The highest BCUT2D eigenvalue weighted by molar-refractivity contribution is 5.77. The van der Waals surface area contributed by atoms with E-state index < -0.39 is 0 Å². The molecule has 0 aliphatic heterocycles. The quantitative estimate of drug-likeness (QED) is 0.0419. The first-order valence-corrected chi connectivity index (χ1v) is 25.1. The summed E-state index contributed by atoms with van der Waals surface area (Å²) in [4.78, 5) is 68.9. The zero-order valence-corrected chi connectivity index (χ0v) is 41.1. The van der Waals surface area contributed by atoms with Crippen LogP contribution in [0.5, 0.6) is 0 Å². The average Bonchev–Trinajstić information content (AvgIpc) is 3.26. The second kappa shape index (κ2) is 42.2. The first kappa shape index (κ1) is 59.2. The second-order valence-electron chi connectivity index (χ2n) is 17.5. The number of nitrogens with zero attached hydrogens (tertiary/aromatic N) is 3. The molecular weight excluding hydrogens is 783 g/mol. The van der Waals surface area contributed by atoms with Gasteiger partial charge in [0, 0.05) is 137 Å². The molecule has 0 heterocycles. The van der Waals surface area contributed by atoms with Crippen molar-refractivity contribution in [1.82, 2.24) is 46.6 Å². The van der Waals surface area contributed by atoms with Gasteiger partial charge in [-0.25, -0.2) is 0 Å². The van der Waals surface area contributed by atoms with Gasteiger partial charge < -0.3 is 46.6 Å². The average molecular weight is 880 g/mol. The van der Waals surface area contributed by atoms with E-state index >= 15 is 0 Å². The van der Waals surface area contributed by atoms with Crippen molar-refractivity contribution in [3.05, 3.63) is 0 Å². The van der Waals surface area contributed by atoms with Gasteiger partial charge in [-0.05, 0) is 26.7 Å². The van der Waals surface area contributed by atoms with Gasteiger partial charge in [-0.2, -0.15) is 0 Å². The monoisotopic (exact) mass is 880 g/mol. The minimum atomic E-state index is -0.0306. The third-order valence-electron chi connectivity index (χ3n) is 11.9. The summed E-state index contributed by atoms with van der Waals surface area (Å²) in [6.45, 7) is 15.7. The molecule has 0 aromatic rings. The minimum absolute atomic E-state index is 0.0289. The van der Waals surface area contributed by atoms with Crippen molar-refractivity contribution in [2.75, 3.05) is 93.1 Å². The van der Waals surface area contributed by atoms with E-state index in [1.807, 2.05) is 0 Å². The summed E-state index contributed by atoms with van der Waals surface area (Å²) in [7, 11) is 4.91. The number of amides is 5. The van der Waals surface area contributed by atoms with Crippen LogP contribution in [0, 0.1) is 0 Å². The lowest BCUT2D eigenvalue weighted by molar-refractivity contribution is -0.123. The molecule has 6 N–H and O–H groups in total. The number of carbonyl (C=O) groups is 5. The standard InChI is InChI=1S/C48H97N9O5/c1-8-10-12-14-16-18-20-22-24-42(3)53-47(61)29-36-56(35-28-46(60)51-7)40-41-57(37-30-48(62)54-43(4)25-23-21-19-17-15-13-11-9-2)39-32-52-31-38-55(33-26-44(58)49-5)34-27-45(59)50-6/h42-43,52H,8-41H2,1-7H3,(H,49,58)(H,50,59)(H,51,60)(H,53,61)(H,54,62). The van der Waals surface area contributed by atoms with Crippen LogP contribution in [-0.2, 0) is 24.0 Å². The minimum Gasteiger partial charge on any atom is -0.359 e. The SMILES string of the molecule is CCCCCCCCCCC(C)NC(=O)CCN(CCNCCN(CCC(=O)NC)CCC(=O)NC)CCN(CCC(=O)NC)CCC(=O)NC(C)CCCCCCCCCC. The van der Waals surface area contributed by atoms with E-state index in [9.17, 15) is 24.0 Å². The molecule has 2 atom stereocenters. The zero-order chi connectivity index (χ0) is 46.1. The van der Waals surface area contributed by atoms with Crippen molar-refractivity contribution in [3.8, 4) is 0 Å². The summed E-state index contributed by atoms with van der Waals surface area (Å²) >= 11 is 0. The lowest BCUT2D eigenvalue weighted by Gasteiger charge is -2.28.